The van der Waals surface area contributed by atoms with Crippen molar-refractivity contribution >= 4 is 6.21 Å². The Morgan fingerprint density at radius 2 is 2.38 bits per heavy atom. The van der Waals surface area contributed by atoms with Crippen LogP contribution in [0.2, 0.25) is 0 Å². The van der Waals surface area contributed by atoms with Crippen LogP contribution in [-0.2, 0) is 0 Å². The highest BCUT2D eigenvalue weighted by atomic mass is 16.3. The van der Waals surface area contributed by atoms with E-state index in [-0.39, 0.29) is 0 Å². The Hall–Kier alpha value is -0.370. The smallest absolute Gasteiger partial charge is 0.144 e. The number of aliphatic hydroxyl groups excluding tert-OH is 1. The molecule has 1 heterocycles. The predicted molar refractivity (Wildman–Crippen MR) is 33.0 cm³/mol. The van der Waals surface area contributed by atoms with E-state index in [0.29, 0.717) is 0 Å². The van der Waals surface area contributed by atoms with Gasteiger partial charge in [-0.1, -0.05) is 0 Å². The van der Waals surface area contributed by atoms with Crippen LogP contribution in [0, 0.1) is 0 Å². The van der Waals surface area contributed by atoms with Gasteiger partial charge >= 0.3 is 0 Å². The molecule has 0 aromatic heterocycles. The predicted octanol–water partition coefficient (Wildman–Crippen LogP) is 0.950. The molecule has 1 rings (SSSR count). The third-order valence-electron chi connectivity index (χ3n) is 1.32. The second kappa shape index (κ2) is 2.82. The van der Waals surface area contributed by atoms with Gasteiger partial charge in [-0.05, 0) is 25.7 Å². The van der Waals surface area contributed by atoms with Crippen LogP contribution in [0.25, 0.3) is 0 Å². The molecule has 2 nitrogen and oxygen atoms in total. The quantitative estimate of drug-likeness (QED) is 0.498. The average Bonchev–Trinajstić information content (AvgIpc) is 1.94. The monoisotopic (exact) mass is 113 g/mol. The standard InChI is InChI=1S/C6H11NO/c8-6-4-2-1-3-5-7-6/h5-6,8H,1-4H2. The summed E-state index contributed by atoms with van der Waals surface area (Å²) in [6.45, 7) is 0. The van der Waals surface area contributed by atoms with Crippen LogP contribution in [0.15, 0.2) is 4.99 Å². The van der Waals surface area contributed by atoms with Crippen molar-refractivity contribution in [2.24, 2.45) is 4.99 Å². The zero-order valence-corrected chi connectivity index (χ0v) is 4.88. The average molecular weight is 113 g/mol. The van der Waals surface area contributed by atoms with Crippen molar-refractivity contribution in [2.75, 3.05) is 0 Å². The first-order valence-electron chi connectivity index (χ1n) is 3.09. The molecule has 0 bridgehead atoms. The van der Waals surface area contributed by atoms with Crippen molar-refractivity contribution in [1.29, 1.82) is 0 Å². The van der Waals surface area contributed by atoms with E-state index in [4.69, 9.17) is 5.11 Å². The summed E-state index contributed by atoms with van der Waals surface area (Å²) in [5.41, 5.74) is 0. The third-order valence-corrected chi connectivity index (χ3v) is 1.32. The lowest BCUT2D eigenvalue weighted by Crippen LogP contribution is -1.98. The Kier molecular flexibility index (Phi) is 2.03. The Labute approximate surface area is 49.2 Å². The van der Waals surface area contributed by atoms with Crippen LogP contribution in [0.4, 0.5) is 0 Å². The fraction of sp³-hybridized carbons (Fsp3) is 0.833. The lowest BCUT2D eigenvalue weighted by molar-refractivity contribution is 0.174. The maximum Gasteiger partial charge on any atom is 0.144 e. The number of hydrogen-bond donors (Lipinski definition) is 1. The molecule has 1 unspecified atom stereocenters. The minimum atomic E-state index is -0.405. The molecule has 46 valence electrons. The summed E-state index contributed by atoms with van der Waals surface area (Å²) in [6, 6.07) is 0. The second-order valence-corrected chi connectivity index (χ2v) is 2.10. The number of nitrogens with zero attached hydrogens (tertiary/aromatic N) is 1. The molecule has 0 saturated carbocycles. The van der Waals surface area contributed by atoms with Crippen LogP contribution < -0.4 is 0 Å². The van der Waals surface area contributed by atoms with Gasteiger partial charge in [0, 0.05) is 6.21 Å². The minimum absolute atomic E-state index is 0.405. The van der Waals surface area contributed by atoms with Gasteiger partial charge in [-0.3, -0.25) is 4.99 Å². The highest BCUT2D eigenvalue weighted by molar-refractivity contribution is 5.57. The Balaban J connectivity index is 2.33. The van der Waals surface area contributed by atoms with Gasteiger partial charge in [0.05, 0.1) is 0 Å². The Morgan fingerprint density at radius 1 is 1.50 bits per heavy atom. The van der Waals surface area contributed by atoms with Gasteiger partial charge < -0.3 is 5.11 Å². The van der Waals surface area contributed by atoms with Crippen LogP contribution in [0.1, 0.15) is 25.7 Å². The molecule has 8 heavy (non-hydrogen) atoms. The van der Waals surface area contributed by atoms with E-state index in [1.165, 1.54) is 6.42 Å². The first-order chi connectivity index (χ1) is 3.89. The van der Waals surface area contributed by atoms with Crippen LogP contribution in [0.5, 0.6) is 0 Å². The first kappa shape index (κ1) is 5.76. The number of aliphatic imine (C=N–C) groups is 1. The lowest BCUT2D eigenvalue weighted by atomic mass is 10.2. The molecule has 0 spiro atoms. The fourth-order valence-electron chi connectivity index (χ4n) is 0.833. The summed E-state index contributed by atoms with van der Waals surface area (Å²) in [5, 5.41) is 8.89. The van der Waals surface area contributed by atoms with E-state index in [1.807, 2.05) is 6.21 Å². The summed E-state index contributed by atoms with van der Waals surface area (Å²) in [6.07, 6.45) is 5.59. The van der Waals surface area contributed by atoms with Gasteiger partial charge in [-0.2, -0.15) is 0 Å². The van der Waals surface area contributed by atoms with Crippen molar-refractivity contribution in [3.05, 3.63) is 0 Å². The summed E-state index contributed by atoms with van der Waals surface area (Å²) in [7, 11) is 0. The highest BCUT2D eigenvalue weighted by Gasteiger charge is 2.01. The van der Waals surface area contributed by atoms with Gasteiger partial charge in [0.15, 0.2) is 0 Å². The highest BCUT2D eigenvalue weighted by Crippen LogP contribution is 2.07. The molecule has 1 aliphatic heterocycles. The number of aliphatic hydroxyl groups is 1. The van der Waals surface area contributed by atoms with E-state index in [0.717, 1.165) is 19.3 Å². The van der Waals surface area contributed by atoms with Gasteiger partial charge in [0.2, 0.25) is 0 Å². The summed E-state index contributed by atoms with van der Waals surface area (Å²) in [5.74, 6) is 0. The summed E-state index contributed by atoms with van der Waals surface area (Å²) in [4.78, 5) is 3.85. The third kappa shape index (κ3) is 1.62. The van der Waals surface area contributed by atoms with E-state index in [1.54, 1.807) is 0 Å². The number of hydrogen-bond acceptors (Lipinski definition) is 2. The maximum atomic E-state index is 8.89. The molecule has 1 N–H and O–H groups in total. The van der Waals surface area contributed by atoms with E-state index in [2.05, 4.69) is 4.99 Å². The lowest BCUT2D eigenvalue weighted by Gasteiger charge is -1.97. The molecule has 0 aliphatic carbocycles. The van der Waals surface area contributed by atoms with Crippen molar-refractivity contribution in [3.63, 3.8) is 0 Å². The SMILES string of the molecule is OC1CCCCC=N1. The molecular formula is C6H11NO. The zero-order valence-electron chi connectivity index (χ0n) is 4.88. The molecule has 0 radical (unpaired) electrons. The molecule has 0 aromatic rings. The van der Waals surface area contributed by atoms with Gasteiger partial charge in [0.25, 0.3) is 0 Å². The molecule has 0 fully saturated rings. The molecule has 0 amide bonds. The van der Waals surface area contributed by atoms with E-state index >= 15 is 0 Å². The minimum Gasteiger partial charge on any atom is -0.372 e. The van der Waals surface area contributed by atoms with E-state index in [9.17, 15) is 0 Å². The maximum absolute atomic E-state index is 8.89. The Morgan fingerprint density at radius 3 is 3.25 bits per heavy atom. The van der Waals surface area contributed by atoms with Gasteiger partial charge in [0.1, 0.15) is 6.23 Å². The molecule has 0 aromatic carbocycles. The topological polar surface area (TPSA) is 32.6 Å². The van der Waals surface area contributed by atoms with Crippen LogP contribution in [0.3, 0.4) is 0 Å². The normalized spacial score (nSPS) is 29.9. The molecular weight excluding hydrogens is 102 g/mol. The molecule has 0 saturated heterocycles. The molecule has 2 heteroatoms. The van der Waals surface area contributed by atoms with Crippen molar-refractivity contribution in [1.82, 2.24) is 0 Å². The van der Waals surface area contributed by atoms with Crippen molar-refractivity contribution < 1.29 is 5.11 Å². The number of rotatable bonds is 0. The first-order valence-corrected chi connectivity index (χ1v) is 3.09. The van der Waals surface area contributed by atoms with Crippen molar-refractivity contribution in [3.8, 4) is 0 Å². The molecule has 1 atom stereocenters. The largest absolute Gasteiger partial charge is 0.372 e. The van der Waals surface area contributed by atoms with Crippen molar-refractivity contribution in [2.45, 2.75) is 31.9 Å². The summed E-state index contributed by atoms with van der Waals surface area (Å²) < 4.78 is 0. The fourth-order valence-corrected chi connectivity index (χ4v) is 0.833. The van der Waals surface area contributed by atoms with E-state index < -0.39 is 6.23 Å². The molecule has 1 aliphatic rings. The Bertz CT molecular complexity index is 90.5. The summed E-state index contributed by atoms with van der Waals surface area (Å²) >= 11 is 0. The second-order valence-electron chi connectivity index (χ2n) is 2.10. The van der Waals surface area contributed by atoms with Gasteiger partial charge in [-0.15, -0.1) is 0 Å². The van der Waals surface area contributed by atoms with Gasteiger partial charge in [-0.25, -0.2) is 0 Å². The van der Waals surface area contributed by atoms with Crippen LogP contribution in [-0.4, -0.2) is 17.5 Å². The zero-order chi connectivity index (χ0) is 5.82. The van der Waals surface area contributed by atoms with Crippen LogP contribution >= 0.6 is 0 Å².